The molecule has 0 atom stereocenters. The van der Waals surface area contributed by atoms with Gasteiger partial charge in [-0.1, -0.05) is 19.1 Å². The molecule has 0 heterocycles. The Balaban J connectivity index is 2.37. The fraction of sp³-hybridized carbons (Fsp3) is 0.571. The molecule has 108 valence electrons. The molecule has 0 saturated carbocycles. The van der Waals surface area contributed by atoms with E-state index in [4.69, 9.17) is 5.73 Å². The fourth-order valence-corrected chi connectivity index (χ4v) is 2.03. The van der Waals surface area contributed by atoms with E-state index in [0.29, 0.717) is 18.8 Å². The third-order valence-electron chi connectivity index (χ3n) is 2.86. The lowest BCUT2D eigenvalue weighted by atomic mass is 10.1. The van der Waals surface area contributed by atoms with Crippen molar-refractivity contribution in [3.63, 3.8) is 0 Å². The number of nitrogens with two attached hydrogens (primary N) is 1. The molecule has 0 bridgehead atoms. The number of nitrogen functional groups attached to an aromatic ring is 1. The van der Waals surface area contributed by atoms with E-state index in [9.17, 15) is 13.2 Å². The summed E-state index contributed by atoms with van der Waals surface area (Å²) in [6.45, 7) is 2.03. The zero-order valence-corrected chi connectivity index (χ0v) is 11.2. The van der Waals surface area contributed by atoms with Gasteiger partial charge in [-0.25, -0.2) is 0 Å². The summed E-state index contributed by atoms with van der Waals surface area (Å²) in [5.74, 6) is 0. The molecule has 2 nitrogen and oxygen atoms in total. The monoisotopic (exact) mass is 274 g/mol. The molecule has 0 aliphatic rings. The molecule has 1 rings (SSSR count). The average Bonchev–Trinajstić information content (AvgIpc) is 2.30. The second kappa shape index (κ2) is 7.38. The lowest BCUT2D eigenvalue weighted by Crippen LogP contribution is -2.35. The van der Waals surface area contributed by atoms with Crippen LogP contribution >= 0.6 is 0 Å². The van der Waals surface area contributed by atoms with Crippen molar-refractivity contribution in [2.75, 3.05) is 25.4 Å². The van der Waals surface area contributed by atoms with Gasteiger partial charge in [0.15, 0.2) is 0 Å². The fourth-order valence-electron chi connectivity index (χ4n) is 2.03. The highest BCUT2D eigenvalue weighted by Gasteiger charge is 2.29. The number of alkyl halides is 3. The van der Waals surface area contributed by atoms with Gasteiger partial charge < -0.3 is 5.73 Å². The molecule has 0 saturated heterocycles. The zero-order valence-electron chi connectivity index (χ0n) is 11.2. The Bertz CT molecular complexity index is 360. The maximum Gasteiger partial charge on any atom is 0.401 e. The van der Waals surface area contributed by atoms with Crippen LogP contribution in [-0.2, 0) is 6.42 Å². The number of rotatable bonds is 7. The summed E-state index contributed by atoms with van der Waals surface area (Å²) < 4.78 is 37.1. The van der Waals surface area contributed by atoms with Crippen LogP contribution < -0.4 is 5.73 Å². The summed E-state index contributed by atoms with van der Waals surface area (Å²) in [6.07, 6.45) is -1.88. The molecule has 0 aliphatic carbocycles. The van der Waals surface area contributed by atoms with Crippen LogP contribution in [0.25, 0.3) is 0 Å². The van der Waals surface area contributed by atoms with Gasteiger partial charge in [-0.05, 0) is 50.0 Å². The van der Waals surface area contributed by atoms with Gasteiger partial charge in [0.05, 0.1) is 6.54 Å². The normalized spacial score (nSPS) is 12.1. The van der Waals surface area contributed by atoms with E-state index in [2.05, 4.69) is 0 Å². The molecule has 1 aromatic carbocycles. The first-order valence-electron chi connectivity index (χ1n) is 6.54. The Morgan fingerprint density at radius 1 is 1.11 bits per heavy atom. The van der Waals surface area contributed by atoms with Crippen LogP contribution in [0.1, 0.15) is 25.3 Å². The van der Waals surface area contributed by atoms with E-state index in [-0.39, 0.29) is 0 Å². The van der Waals surface area contributed by atoms with Crippen molar-refractivity contribution in [1.29, 1.82) is 0 Å². The van der Waals surface area contributed by atoms with Crippen LogP contribution in [-0.4, -0.2) is 30.7 Å². The number of halogens is 3. The smallest absolute Gasteiger partial charge is 0.399 e. The first-order valence-corrected chi connectivity index (χ1v) is 6.54. The quantitative estimate of drug-likeness (QED) is 0.771. The van der Waals surface area contributed by atoms with Crippen molar-refractivity contribution in [2.45, 2.75) is 32.4 Å². The van der Waals surface area contributed by atoms with Gasteiger partial charge in [0.1, 0.15) is 0 Å². The van der Waals surface area contributed by atoms with E-state index in [1.165, 1.54) is 4.90 Å². The zero-order chi connectivity index (χ0) is 14.3. The minimum absolute atomic E-state index is 0.470. The molecule has 19 heavy (non-hydrogen) atoms. The standard InChI is InChI=1S/C14H21F3N2/c1-2-9-19(11-14(15,16)17)10-3-4-12-5-7-13(18)8-6-12/h5-8H,2-4,9-11,18H2,1H3. The molecular formula is C14H21F3N2. The highest BCUT2D eigenvalue weighted by Crippen LogP contribution is 2.17. The Hall–Kier alpha value is -1.23. The Morgan fingerprint density at radius 3 is 2.26 bits per heavy atom. The first kappa shape index (κ1) is 15.8. The minimum atomic E-state index is -4.11. The van der Waals surface area contributed by atoms with Gasteiger partial charge in [0.25, 0.3) is 0 Å². The van der Waals surface area contributed by atoms with Crippen LogP contribution in [0.4, 0.5) is 18.9 Å². The maximum atomic E-state index is 12.4. The summed E-state index contributed by atoms with van der Waals surface area (Å²) >= 11 is 0. The molecule has 0 radical (unpaired) electrons. The molecule has 0 fully saturated rings. The molecule has 1 aromatic rings. The number of benzene rings is 1. The summed E-state index contributed by atoms with van der Waals surface area (Å²) in [5, 5.41) is 0. The lowest BCUT2D eigenvalue weighted by Gasteiger charge is -2.22. The third kappa shape index (κ3) is 7.06. The van der Waals surface area contributed by atoms with Gasteiger partial charge in [0, 0.05) is 5.69 Å². The SMILES string of the molecule is CCCN(CCCc1ccc(N)cc1)CC(F)(F)F. The summed E-state index contributed by atoms with van der Waals surface area (Å²) in [6, 6.07) is 7.47. The third-order valence-corrected chi connectivity index (χ3v) is 2.86. The maximum absolute atomic E-state index is 12.4. The molecular weight excluding hydrogens is 253 g/mol. The predicted molar refractivity (Wildman–Crippen MR) is 72.0 cm³/mol. The first-order chi connectivity index (χ1) is 8.90. The number of hydrogen-bond acceptors (Lipinski definition) is 2. The molecule has 0 aromatic heterocycles. The van der Waals surface area contributed by atoms with Crippen molar-refractivity contribution in [2.24, 2.45) is 0 Å². The van der Waals surface area contributed by atoms with E-state index in [1.54, 1.807) is 0 Å². The summed E-state index contributed by atoms with van der Waals surface area (Å²) in [7, 11) is 0. The molecule has 0 aliphatic heterocycles. The van der Waals surface area contributed by atoms with Crippen LogP contribution in [0.15, 0.2) is 24.3 Å². The van der Waals surface area contributed by atoms with Crippen molar-refractivity contribution >= 4 is 5.69 Å². The Kier molecular flexibility index (Phi) is 6.15. The highest BCUT2D eigenvalue weighted by molar-refractivity contribution is 5.39. The van der Waals surface area contributed by atoms with Crippen molar-refractivity contribution in [3.05, 3.63) is 29.8 Å². The van der Waals surface area contributed by atoms with E-state index < -0.39 is 12.7 Å². The number of anilines is 1. The molecule has 2 N–H and O–H groups in total. The number of hydrogen-bond donors (Lipinski definition) is 1. The van der Waals surface area contributed by atoms with E-state index in [1.807, 2.05) is 31.2 Å². The minimum Gasteiger partial charge on any atom is -0.399 e. The van der Waals surface area contributed by atoms with Crippen LogP contribution in [0.3, 0.4) is 0 Å². The molecule has 0 amide bonds. The molecule has 0 unspecified atom stereocenters. The Labute approximate surface area is 112 Å². The predicted octanol–water partition coefficient (Wildman–Crippen LogP) is 3.48. The topological polar surface area (TPSA) is 29.3 Å². The van der Waals surface area contributed by atoms with Crippen molar-refractivity contribution < 1.29 is 13.2 Å². The van der Waals surface area contributed by atoms with Crippen molar-refractivity contribution in [1.82, 2.24) is 4.90 Å². The van der Waals surface area contributed by atoms with Gasteiger partial charge >= 0.3 is 6.18 Å². The van der Waals surface area contributed by atoms with Gasteiger partial charge in [-0.15, -0.1) is 0 Å². The second-order valence-corrected chi connectivity index (χ2v) is 4.74. The average molecular weight is 274 g/mol. The van der Waals surface area contributed by atoms with Crippen LogP contribution in [0.5, 0.6) is 0 Å². The van der Waals surface area contributed by atoms with Gasteiger partial charge in [-0.3, -0.25) is 4.90 Å². The second-order valence-electron chi connectivity index (χ2n) is 4.74. The van der Waals surface area contributed by atoms with Gasteiger partial charge in [0.2, 0.25) is 0 Å². The van der Waals surface area contributed by atoms with Gasteiger partial charge in [-0.2, -0.15) is 13.2 Å². The van der Waals surface area contributed by atoms with Crippen LogP contribution in [0, 0.1) is 0 Å². The molecule has 0 spiro atoms. The van der Waals surface area contributed by atoms with E-state index in [0.717, 1.165) is 24.8 Å². The van der Waals surface area contributed by atoms with E-state index >= 15 is 0 Å². The highest BCUT2D eigenvalue weighted by atomic mass is 19.4. The Morgan fingerprint density at radius 2 is 1.74 bits per heavy atom. The summed E-state index contributed by atoms with van der Waals surface area (Å²) in [5.41, 5.74) is 7.39. The van der Waals surface area contributed by atoms with Crippen molar-refractivity contribution in [3.8, 4) is 0 Å². The summed E-state index contributed by atoms with van der Waals surface area (Å²) in [4.78, 5) is 1.47. The van der Waals surface area contributed by atoms with Crippen LogP contribution in [0.2, 0.25) is 0 Å². The largest absolute Gasteiger partial charge is 0.401 e. The number of nitrogens with zero attached hydrogens (tertiary/aromatic N) is 1. The molecule has 5 heteroatoms. The number of aryl methyl sites for hydroxylation is 1. The lowest BCUT2D eigenvalue weighted by molar-refractivity contribution is -0.146.